The minimum atomic E-state index is -0.184. The summed E-state index contributed by atoms with van der Waals surface area (Å²) < 4.78 is 0. The van der Waals surface area contributed by atoms with Gasteiger partial charge in [0.15, 0.2) is 0 Å². The van der Waals surface area contributed by atoms with E-state index in [1.165, 1.54) is 17.5 Å². The van der Waals surface area contributed by atoms with Gasteiger partial charge >= 0.3 is 0 Å². The van der Waals surface area contributed by atoms with E-state index in [1.54, 1.807) is 0 Å². The third-order valence-corrected chi connectivity index (χ3v) is 3.47. The second-order valence-electron chi connectivity index (χ2n) is 4.39. The summed E-state index contributed by atoms with van der Waals surface area (Å²) >= 11 is 0. The monoisotopic (exact) mass is 203 g/mol. The largest absolute Gasteiger partial charge is 0.369 e. The van der Waals surface area contributed by atoms with Crippen molar-refractivity contribution in [2.75, 3.05) is 0 Å². The zero-order valence-electron chi connectivity index (χ0n) is 9.07. The van der Waals surface area contributed by atoms with Gasteiger partial charge in [0.25, 0.3) is 0 Å². The molecule has 15 heavy (non-hydrogen) atoms. The molecule has 1 amide bonds. The molecule has 0 radical (unpaired) electrons. The van der Waals surface area contributed by atoms with Crippen molar-refractivity contribution >= 4 is 5.91 Å². The predicted molar refractivity (Wildman–Crippen MR) is 60.5 cm³/mol. The number of fused-ring (bicyclic) bond motifs is 1. The summed E-state index contributed by atoms with van der Waals surface area (Å²) in [6.45, 7) is 1.94. The molecule has 0 aromatic heterocycles. The lowest BCUT2D eigenvalue weighted by Gasteiger charge is -2.28. The van der Waals surface area contributed by atoms with Crippen LogP contribution < -0.4 is 5.73 Å². The van der Waals surface area contributed by atoms with E-state index in [1.807, 2.05) is 13.0 Å². The lowest BCUT2D eigenvalue weighted by Crippen LogP contribution is -2.28. The smallest absolute Gasteiger partial charge is 0.220 e. The third kappa shape index (κ3) is 1.89. The molecule has 1 aliphatic carbocycles. The van der Waals surface area contributed by atoms with Gasteiger partial charge in [-0.2, -0.15) is 0 Å². The Morgan fingerprint density at radius 3 is 2.93 bits per heavy atom. The molecule has 0 aliphatic heterocycles. The Bertz CT molecular complexity index is 373. The van der Waals surface area contributed by atoms with Gasteiger partial charge in [0.1, 0.15) is 0 Å². The quantitative estimate of drug-likeness (QED) is 0.787. The Hall–Kier alpha value is -1.31. The van der Waals surface area contributed by atoms with Gasteiger partial charge in [-0.25, -0.2) is 0 Å². The van der Waals surface area contributed by atoms with Crippen LogP contribution in [0.25, 0.3) is 0 Å². The highest BCUT2D eigenvalue weighted by molar-refractivity contribution is 5.77. The van der Waals surface area contributed by atoms with Gasteiger partial charge in [-0.3, -0.25) is 4.79 Å². The third-order valence-electron chi connectivity index (χ3n) is 3.47. The molecule has 0 saturated heterocycles. The van der Waals surface area contributed by atoms with Gasteiger partial charge in [-0.15, -0.1) is 0 Å². The molecular formula is C13H17NO. The number of hydrogen-bond acceptors (Lipinski definition) is 1. The minimum Gasteiger partial charge on any atom is -0.369 e. The maximum atomic E-state index is 11.2. The molecule has 1 aromatic carbocycles. The molecule has 1 aliphatic rings. The van der Waals surface area contributed by atoms with Crippen LogP contribution in [0.5, 0.6) is 0 Å². The number of carbonyl (C=O) groups excluding carboxylic acids is 1. The number of aryl methyl sites for hydroxylation is 1. The summed E-state index contributed by atoms with van der Waals surface area (Å²) in [4.78, 5) is 11.2. The van der Waals surface area contributed by atoms with Crippen molar-refractivity contribution in [1.29, 1.82) is 0 Å². The molecule has 1 aromatic rings. The molecule has 0 bridgehead atoms. The van der Waals surface area contributed by atoms with Crippen molar-refractivity contribution in [2.24, 2.45) is 11.7 Å². The van der Waals surface area contributed by atoms with Crippen molar-refractivity contribution in [3.05, 3.63) is 35.4 Å². The number of nitrogens with two attached hydrogens (primary N) is 1. The SMILES string of the molecule is CC(C(N)=O)C1CCCc2ccccc21. The second kappa shape index (κ2) is 4.05. The molecule has 0 heterocycles. The summed E-state index contributed by atoms with van der Waals surface area (Å²) in [6, 6.07) is 8.41. The highest BCUT2D eigenvalue weighted by atomic mass is 16.1. The number of primary amides is 1. The average molecular weight is 203 g/mol. The summed E-state index contributed by atoms with van der Waals surface area (Å²) in [7, 11) is 0. The Kier molecular flexibility index (Phi) is 2.76. The molecule has 2 nitrogen and oxygen atoms in total. The molecule has 2 atom stereocenters. The van der Waals surface area contributed by atoms with Gasteiger partial charge in [-0.1, -0.05) is 31.2 Å². The fourth-order valence-corrected chi connectivity index (χ4v) is 2.51. The number of carbonyl (C=O) groups is 1. The van der Waals surface area contributed by atoms with Crippen LogP contribution in [0, 0.1) is 5.92 Å². The lowest BCUT2D eigenvalue weighted by molar-refractivity contribution is -0.122. The number of amides is 1. The van der Waals surface area contributed by atoms with E-state index in [0.717, 1.165) is 12.8 Å². The van der Waals surface area contributed by atoms with E-state index in [-0.39, 0.29) is 11.8 Å². The van der Waals surface area contributed by atoms with Crippen molar-refractivity contribution in [3.8, 4) is 0 Å². The Morgan fingerprint density at radius 1 is 1.47 bits per heavy atom. The first kappa shape index (κ1) is 10.2. The van der Waals surface area contributed by atoms with Crippen LogP contribution in [0.3, 0.4) is 0 Å². The molecule has 0 spiro atoms. The molecule has 2 N–H and O–H groups in total. The Balaban J connectivity index is 2.33. The molecule has 0 fully saturated rings. The van der Waals surface area contributed by atoms with Crippen LogP contribution in [0.15, 0.2) is 24.3 Å². The molecular weight excluding hydrogens is 186 g/mol. The van der Waals surface area contributed by atoms with Gasteiger partial charge < -0.3 is 5.73 Å². The maximum Gasteiger partial charge on any atom is 0.220 e. The highest BCUT2D eigenvalue weighted by Gasteiger charge is 2.27. The number of hydrogen-bond donors (Lipinski definition) is 1. The van der Waals surface area contributed by atoms with E-state index in [9.17, 15) is 4.79 Å². The summed E-state index contributed by atoms with van der Waals surface area (Å²) in [6.07, 6.45) is 3.39. The van der Waals surface area contributed by atoms with E-state index < -0.39 is 0 Å². The summed E-state index contributed by atoms with van der Waals surface area (Å²) in [5.74, 6) is 0.0932. The fourth-order valence-electron chi connectivity index (χ4n) is 2.51. The molecule has 80 valence electrons. The van der Waals surface area contributed by atoms with E-state index >= 15 is 0 Å². The Morgan fingerprint density at radius 2 is 2.20 bits per heavy atom. The van der Waals surface area contributed by atoms with Crippen LogP contribution >= 0.6 is 0 Å². The van der Waals surface area contributed by atoms with Gasteiger partial charge in [0.2, 0.25) is 5.91 Å². The van der Waals surface area contributed by atoms with E-state index in [4.69, 9.17) is 5.73 Å². The normalized spacial score (nSPS) is 21.8. The van der Waals surface area contributed by atoms with Gasteiger partial charge in [0.05, 0.1) is 0 Å². The molecule has 2 rings (SSSR count). The summed E-state index contributed by atoms with van der Waals surface area (Å²) in [5, 5.41) is 0. The van der Waals surface area contributed by atoms with Crippen molar-refractivity contribution in [1.82, 2.24) is 0 Å². The Labute approximate surface area is 90.5 Å². The lowest BCUT2D eigenvalue weighted by atomic mass is 9.76. The first-order valence-corrected chi connectivity index (χ1v) is 5.57. The first-order chi connectivity index (χ1) is 7.20. The minimum absolute atomic E-state index is 0.0496. The topological polar surface area (TPSA) is 43.1 Å². The zero-order chi connectivity index (χ0) is 10.8. The highest BCUT2D eigenvalue weighted by Crippen LogP contribution is 2.36. The van der Waals surface area contributed by atoms with Crippen LogP contribution in [0.4, 0.5) is 0 Å². The van der Waals surface area contributed by atoms with Gasteiger partial charge in [-0.05, 0) is 36.3 Å². The average Bonchev–Trinajstić information content (AvgIpc) is 2.27. The molecule has 0 saturated carbocycles. The van der Waals surface area contributed by atoms with Crippen molar-refractivity contribution in [3.63, 3.8) is 0 Å². The molecule has 2 heteroatoms. The van der Waals surface area contributed by atoms with Crippen molar-refractivity contribution in [2.45, 2.75) is 32.1 Å². The second-order valence-corrected chi connectivity index (χ2v) is 4.39. The van der Waals surface area contributed by atoms with Crippen LogP contribution in [-0.2, 0) is 11.2 Å². The number of benzene rings is 1. The van der Waals surface area contributed by atoms with Crippen LogP contribution in [0.2, 0.25) is 0 Å². The predicted octanol–water partition coefficient (Wildman–Crippen LogP) is 2.23. The van der Waals surface area contributed by atoms with E-state index in [0.29, 0.717) is 5.92 Å². The van der Waals surface area contributed by atoms with E-state index in [2.05, 4.69) is 18.2 Å². The van der Waals surface area contributed by atoms with Crippen LogP contribution in [0.1, 0.15) is 36.8 Å². The maximum absolute atomic E-state index is 11.2. The first-order valence-electron chi connectivity index (χ1n) is 5.57. The number of rotatable bonds is 2. The molecule has 2 unspecified atom stereocenters. The van der Waals surface area contributed by atoms with Gasteiger partial charge in [0, 0.05) is 5.92 Å². The zero-order valence-corrected chi connectivity index (χ0v) is 9.07. The fraction of sp³-hybridized carbons (Fsp3) is 0.462. The van der Waals surface area contributed by atoms with Crippen molar-refractivity contribution < 1.29 is 4.79 Å². The standard InChI is InChI=1S/C13H17NO/c1-9(13(14)15)11-8-4-6-10-5-2-3-7-12(10)11/h2-3,5,7,9,11H,4,6,8H2,1H3,(H2,14,15). The summed E-state index contributed by atoms with van der Waals surface area (Å²) in [5.41, 5.74) is 8.10. The van der Waals surface area contributed by atoms with Crippen LogP contribution in [-0.4, -0.2) is 5.91 Å².